The largest absolute Gasteiger partial charge is 0.362 e. The molecule has 21 heavy (non-hydrogen) atoms. The average Bonchev–Trinajstić information content (AvgIpc) is 2.76. The van der Waals surface area contributed by atoms with E-state index in [9.17, 15) is 9.18 Å². The van der Waals surface area contributed by atoms with Crippen LogP contribution in [0.1, 0.15) is 17.0 Å². The molecule has 4 nitrogen and oxygen atoms in total. The number of hydrogen-bond acceptors (Lipinski definition) is 2. The zero-order valence-electron chi connectivity index (χ0n) is 11.7. The van der Waals surface area contributed by atoms with Crippen molar-refractivity contribution in [1.29, 1.82) is 5.26 Å². The highest BCUT2D eigenvalue weighted by Crippen LogP contribution is 2.16. The van der Waals surface area contributed by atoms with Crippen LogP contribution in [0.15, 0.2) is 35.9 Å². The number of rotatable bonds is 3. The second kappa shape index (κ2) is 6.06. The summed E-state index contributed by atoms with van der Waals surface area (Å²) in [7, 11) is 0. The highest BCUT2D eigenvalue weighted by Gasteiger charge is 2.12. The molecule has 0 aliphatic carbocycles. The van der Waals surface area contributed by atoms with Gasteiger partial charge in [-0.2, -0.15) is 5.26 Å². The van der Waals surface area contributed by atoms with Crippen molar-refractivity contribution in [1.82, 2.24) is 4.98 Å². The number of aromatic amines is 1. The van der Waals surface area contributed by atoms with E-state index in [1.807, 2.05) is 26.0 Å². The van der Waals surface area contributed by atoms with E-state index in [-0.39, 0.29) is 11.3 Å². The number of anilines is 1. The molecular formula is C16H14FN3O. The maximum absolute atomic E-state index is 13.5. The summed E-state index contributed by atoms with van der Waals surface area (Å²) in [6.07, 6.45) is 1.48. The molecule has 0 spiro atoms. The van der Waals surface area contributed by atoms with Crippen LogP contribution in [-0.2, 0) is 4.79 Å². The molecule has 0 unspecified atom stereocenters. The third kappa shape index (κ3) is 3.37. The van der Waals surface area contributed by atoms with Crippen molar-refractivity contribution in [3.8, 4) is 6.07 Å². The Hall–Kier alpha value is -2.87. The summed E-state index contributed by atoms with van der Waals surface area (Å²) in [6.45, 7) is 3.73. The Bertz CT molecular complexity index is 753. The molecule has 0 aliphatic heterocycles. The molecule has 2 rings (SSSR count). The summed E-state index contributed by atoms with van der Waals surface area (Å²) in [5.41, 5.74) is 2.52. The number of aryl methyl sites for hydroxylation is 2. The molecule has 1 amide bonds. The number of nitrogens with one attached hydrogen (secondary N) is 2. The smallest absolute Gasteiger partial charge is 0.266 e. The Morgan fingerprint density at radius 2 is 2.10 bits per heavy atom. The van der Waals surface area contributed by atoms with Gasteiger partial charge in [0.05, 0.1) is 5.69 Å². The van der Waals surface area contributed by atoms with Crippen molar-refractivity contribution in [2.45, 2.75) is 13.8 Å². The SMILES string of the molecule is Cc1cc(C=C(C#N)C(=O)Nc2ccccc2F)c(C)[nH]1. The Balaban J connectivity index is 2.26. The minimum absolute atomic E-state index is 0.0469. The molecule has 5 heteroatoms. The molecule has 0 bridgehead atoms. The van der Waals surface area contributed by atoms with E-state index in [0.717, 1.165) is 17.0 Å². The highest BCUT2D eigenvalue weighted by atomic mass is 19.1. The van der Waals surface area contributed by atoms with Crippen molar-refractivity contribution >= 4 is 17.7 Å². The van der Waals surface area contributed by atoms with Crippen molar-refractivity contribution in [3.05, 3.63) is 58.7 Å². The number of halogens is 1. The van der Waals surface area contributed by atoms with Crippen molar-refractivity contribution in [2.24, 2.45) is 0 Å². The fourth-order valence-corrected chi connectivity index (χ4v) is 1.95. The van der Waals surface area contributed by atoms with Crippen LogP contribution in [0.2, 0.25) is 0 Å². The number of amides is 1. The first kappa shape index (κ1) is 14.5. The van der Waals surface area contributed by atoms with Crippen LogP contribution in [0.4, 0.5) is 10.1 Å². The lowest BCUT2D eigenvalue weighted by molar-refractivity contribution is -0.112. The monoisotopic (exact) mass is 283 g/mol. The van der Waals surface area contributed by atoms with Crippen LogP contribution >= 0.6 is 0 Å². The molecule has 2 aromatic rings. The van der Waals surface area contributed by atoms with Gasteiger partial charge in [-0.1, -0.05) is 12.1 Å². The van der Waals surface area contributed by atoms with E-state index in [4.69, 9.17) is 5.26 Å². The predicted molar refractivity (Wildman–Crippen MR) is 78.9 cm³/mol. The normalized spacial score (nSPS) is 11.0. The Morgan fingerprint density at radius 1 is 1.38 bits per heavy atom. The first-order valence-electron chi connectivity index (χ1n) is 6.35. The predicted octanol–water partition coefficient (Wildman–Crippen LogP) is 3.32. The third-order valence-corrected chi connectivity index (χ3v) is 2.98. The maximum atomic E-state index is 13.5. The Kier molecular flexibility index (Phi) is 4.19. The van der Waals surface area contributed by atoms with Crippen LogP contribution in [0, 0.1) is 31.0 Å². The summed E-state index contributed by atoms with van der Waals surface area (Å²) in [5.74, 6) is -1.18. The molecule has 0 atom stereocenters. The van der Waals surface area contributed by atoms with Gasteiger partial charge in [0.1, 0.15) is 17.5 Å². The number of benzene rings is 1. The quantitative estimate of drug-likeness (QED) is 0.670. The van der Waals surface area contributed by atoms with Crippen LogP contribution in [0.3, 0.4) is 0 Å². The lowest BCUT2D eigenvalue weighted by Gasteiger charge is -2.05. The molecule has 0 saturated carbocycles. The number of carbonyl (C=O) groups excluding carboxylic acids is 1. The highest BCUT2D eigenvalue weighted by molar-refractivity contribution is 6.09. The van der Waals surface area contributed by atoms with E-state index < -0.39 is 11.7 Å². The van der Waals surface area contributed by atoms with Gasteiger partial charge in [0, 0.05) is 11.4 Å². The molecule has 1 heterocycles. The topological polar surface area (TPSA) is 68.7 Å². The fourth-order valence-electron chi connectivity index (χ4n) is 1.95. The molecule has 0 fully saturated rings. The molecule has 0 saturated heterocycles. The van der Waals surface area contributed by atoms with E-state index in [2.05, 4.69) is 10.3 Å². The number of nitrogens with zero attached hydrogens (tertiary/aromatic N) is 1. The van der Waals surface area contributed by atoms with Crippen LogP contribution < -0.4 is 5.32 Å². The van der Waals surface area contributed by atoms with Gasteiger partial charge in [-0.15, -0.1) is 0 Å². The number of H-pyrrole nitrogens is 1. The average molecular weight is 283 g/mol. The van der Waals surface area contributed by atoms with Gasteiger partial charge in [0.25, 0.3) is 5.91 Å². The Labute approximate surface area is 121 Å². The molecule has 1 aromatic heterocycles. The zero-order valence-corrected chi connectivity index (χ0v) is 11.7. The number of nitriles is 1. The third-order valence-electron chi connectivity index (χ3n) is 2.98. The van der Waals surface area contributed by atoms with Crippen molar-refractivity contribution in [2.75, 3.05) is 5.32 Å². The van der Waals surface area contributed by atoms with E-state index in [1.54, 1.807) is 6.07 Å². The molecule has 2 N–H and O–H groups in total. The van der Waals surface area contributed by atoms with E-state index in [1.165, 1.54) is 24.3 Å². The summed E-state index contributed by atoms with van der Waals surface area (Å²) in [5, 5.41) is 11.5. The summed E-state index contributed by atoms with van der Waals surface area (Å²) >= 11 is 0. The number of aromatic nitrogens is 1. The molecule has 1 aromatic carbocycles. The first-order chi connectivity index (χ1) is 10.0. The van der Waals surface area contributed by atoms with Crippen molar-refractivity contribution < 1.29 is 9.18 Å². The summed E-state index contributed by atoms with van der Waals surface area (Å²) < 4.78 is 13.5. The standard InChI is InChI=1S/C16H14FN3O/c1-10-7-12(11(2)19-10)8-13(9-18)16(21)20-15-6-4-3-5-14(15)17/h3-8,19H,1-2H3,(H,20,21). The van der Waals surface area contributed by atoms with E-state index in [0.29, 0.717) is 0 Å². The number of para-hydroxylation sites is 1. The second-order valence-electron chi connectivity index (χ2n) is 4.64. The lowest BCUT2D eigenvalue weighted by atomic mass is 10.1. The van der Waals surface area contributed by atoms with Gasteiger partial charge in [-0.25, -0.2) is 4.39 Å². The van der Waals surface area contributed by atoms with Crippen LogP contribution in [-0.4, -0.2) is 10.9 Å². The van der Waals surface area contributed by atoms with Gasteiger partial charge in [-0.3, -0.25) is 4.79 Å². The fraction of sp³-hybridized carbons (Fsp3) is 0.125. The van der Waals surface area contributed by atoms with Crippen LogP contribution in [0.25, 0.3) is 6.08 Å². The Morgan fingerprint density at radius 3 is 2.67 bits per heavy atom. The molecule has 106 valence electrons. The lowest BCUT2D eigenvalue weighted by Crippen LogP contribution is -2.14. The van der Waals surface area contributed by atoms with Gasteiger partial charge >= 0.3 is 0 Å². The summed E-state index contributed by atoms with van der Waals surface area (Å²) in [6, 6.07) is 9.49. The van der Waals surface area contributed by atoms with Crippen LogP contribution in [0.5, 0.6) is 0 Å². The summed E-state index contributed by atoms with van der Waals surface area (Å²) in [4.78, 5) is 15.1. The minimum Gasteiger partial charge on any atom is -0.362 e. The van der Waals surface area contributed by atoms with Gasteiger partial charge in [0.2, 0.25) is 0 Å². The van der Waals surface area contributed by atoms with Gasteiger partial charge in [0.15, 0.2) is 0 Å². The molecule has 0 aliphatic rings. The molecule has 0 radical (unpaired) electrons. The van der Waals surface area contributed by atoms with E-state index >= 15 is 0 Å². The number of hydrogen-bond donors (Lipinski definition) is 2. The van der Waals surface area contributed by atoms with Gasteiger partial charge in [-0.05, 0) is 43.7 Å². The first-order valence-corrected chi connectivity index (χ1v) is 6.35. The minimum atomic E-state index is -0.638. The van der Waals surface area contributed by atoms with Crippen molar-refractivity contribution in [3.63, 3.8) is 0 Å². The maximum Gasteiger partial charge on any atom is 0.266 e. The second-order valence-corrected chi connectivity index (χ2v) is 4.64. The molecular weight excluding hydrogens is 269 g/mol. The van der Waals surface area contributed by atoms with Gasteiger partial charge < -0.3 is 10.3 Å². The number of carbonyl (C=O) groups is 1. The zero-order chi connectivity index (χ0) is 15.4.